The summed E-state index contributed by atoms with van der Waals surface area (Å²) in [5.41, 5.74) is 5.78. The first kappa shape index (κ1) is 14.3. The van der Waals surface area contributed by atoms with E-state index in [9.17, 15) is 0 Å². The molecule has 2 heterocycles. The molecule has 0 saturated carbocycles. The van der Waals surface area contributed by atoms with Gasteiger partial charge in [0.25, 0.3) is 0 Å². The molecule has 0 amide bonds. The second kappa shape index (κ2) is 6.08. The summed E-state index contributed by atoms with van der Waals surface area (Å²) in [5.74, 6) is 0.604. The second-order valence-electron chi connectivity index (χ2n) is 5.48. The van der Waals surface area contributed by atoms with E-state index >= 15 is 0 Å². The molecule has 0 saturated heterocycles. The lowest BCUT2D eigenvalue weighted by molar-refractivity contribution is 0.881. The zero-order chi connectivity index (χ0) is 16.4. The number of aromatic nitrogens is 6. The highest BCUT2D eigenvalue weighted by Crippen LogP contribution is 2.28. The monoisotopic (exact) mass is 316 g/mol. The summed E-state index contributed by atoms with van der Waals surface area (Å²) in [5, 5.41) is 14.1. The first-order valence-electron chi connectivity index (χ1n) is 7.80. The van der Waals surface area contributed by atoms with E-state index in [1.54, 1.807) is 6.20 Å². The number of aryl methyl sites for hydroxylation is 1. The number of rotatable bonds is 4. The number of tetrazole rings is 1. The molecule has 4 aromatic rings. The van der Waals surface area contributed by atoms with Crippen molar-refractivity contribution in [1.29, 1.82) is 0 Å². The van der Waals surface area contributed by atoms with Gasteiger partial charge in [-0.1, -0.05) is 37.3 Å². The maximum absolute atomic E-state index is 4.11. The van der Waals surface area contributed by atoms with Gasteiger partial charge in [-0.25, -0.2) is 4.98 Å². The Morgan fingerprint density at radius 1 is 1.04 bits per heavy atom. The maximum Gasteiger partial charge on any atom is 0.204 e. The normalized spacial score (nSPS) is 10.9. The lowest BCUT2D eigenvalue weighted by Crippen LogP contribution is -1.94. The zero-order valence-corrected chi connectivity index (χ0v) is 13.2. The molecular weight excluding hydrogens is 300 g/mol. The summed E-state index contributed by atoms with van der Waals surface area (Å²) in [7, 11) is 0. The van der Waals surface area contributed by atoms with Gasteiger partial charge in [0.2, 0.25) is 5.82 Å². The van der Waals surface area contributed by atoms with E-state index in [1.165, 1.54) is 16.7 Å². The number of H-pyrrole nitrogens is 1. The molecule has 0 atom stereocenters. The van der Waals surface area contributed by atoms with Gasteiger partial charge in [-0.15, -0.1) is 10.2 Å². The standard InChI is InChI=1S/C18H16N6/c1-2-13-11-16(24-10-9-19-12-24)7-8-17(13)14-3-5-15(6-4-14)18-20-22-23-21-18/h3-12H,2H2,1H3,(H,20,21,22,23). The van der Waals surface area contributed by atoms with E-state index in [0.717, 1.165) is 17.7 Å². The number of imidazole rings is 1. The molecular formula is C18H16N6. The van der Waals surface area contributed by atoms with Crippen LogP contribution in [0.2, 0.25) is 0 Å². The summed E-state index contributed by atoms with van der Waals surface area (Å²) >= 11 is 0. The van der Waals surface area contributed by atoms with Crippen LogP contribution in [0, 0.1) is 0 Å². The topological polar surface area (TPSA) is 72.3 Å². The number of benzene rings is 2. The van der Waals surface area contributed by atoms with Crippen LogP contribution < -0.4 is 0 Å². The fourth-order valence-corrected chi connectivity index (χ4v) is 2.81. The fraction of sp³-hybridized carbons (Fsp3) is 0.111. The van der Waals surface area contributed by atoms with Gasteiger partial charge in [0, 0.05) is 23.6 Å². The quantitative estimate of drug-likeness (QED) is 0.627. The molecule has 0 bridgehead atoms. The Hall–Kier alpha value is -3.28. The third kappa shape index (κ3) is 2.58. The van der Waals surface area contributed by atoms with E-state index in [1.807, 2.05) is 29.2 Å². The van der Waals surface area contributed by atoms with Crippen LogP contribution in [-0.2, 0) is 6.42 Å². The van der Waals surface area contributed by atoms with Crippen molar-refractivity contribution in [1.82, 2.24) is 30.2 Å². The molecule has 24 heavy (non-hydrogen) atoms. The van der Waals surface area contributed by atoms with Crippen molar-refractivity contribution >= 4 is 0 Å². The summed E-state index contributed by atoms with van der Waals surface area (Å²) in [6, 6.07) is 14.7. The Morgan fingerprint density at radius 3 is 2.54 bits per heavy atom. The van der Waals surface area contributed by atoms with E-state index in [-0.39, 0.29) is 0 Å². The minimum atomic E-state index is 0.604. The lowest BCUT2D eigenvalue weighted by atomic mass is 9.96. The molecule has 0 aliphatic heterocycles. The molecule has 4 rings (SSSR count). The average Bonchev–Trinajstić information content (AvgIpc) is 3.35. The van der Waals surface area contributed by atoms with Crippen molar-refractivity contribution in [2.45, 2.75) is 13.3 Å². The van der Waals surface area contributed by atoms with Crippen molar-refractivity contribution in [2.24, 2.45) is 0 Å². The number of nitrogens with zero attached hydrogens (tertiary/aromatic N) is 5. The van der Waals surface area contributed by atoms with Gasteiger partial charge in [0.1, 0.15) is 0 Å². The Balaban J connectivity index is 1.71. The highest BCUT2D eigenvalue weighted by Gasteiger charge is 2.08. The number of hydrogen-bond donors (Lipinski definition) is 1. The average molecular weight is 316 g/mol. The summed E-state index contributed by atoms with van der Waals surface area (Å²) in [6.07, 6.45) is 6.52. The zero-order valence-electron chi connectivity index (χ0n) is 13.2. The van der Waals surface area contributed by atoms with Crippen molar-refractivity contribution in [3.63, 3.8) is 0 Å². The Morgan fingerprint density at radius 2 is 1.88 bits per heavy atom. The molecule has 0 unspecified atom stereocenters. The SMILES string of the molecule is CCc1cc(-n2ccnc2)ccc1-c1ccc(-c2nn[nH]n2)cc1. The van der Waals surface area contributed by atoms with Crippen LogP contribution in [0.3, 0.4) is 0 Å². The molecule has 6 nitrogen and oxygen atoms in total. The van der Waals surface area contributed by atoms with Gasteiger partial charge in [-0.05, 0) is 40.5 Å². The third-order valence-electron chi connectivity index (χ3n) is 4.07. The third-order valence-corrected chi connectivity index (χ3v) is 4.07. The first-order chi connectivity index (χ1) is 11.8. The van der Waals surface area contributed by atoms with Crippen LogP contribution in [0.15, 0.2) is 61.2 Å². The smallest absolute Gasteiger partial charge is 0.204 e. The number of aromatic amines is 1. The van der Waals surface area contributed by atoms with E-state index in [2.05, 4.69) is 62.9 Å². The minimum absolute atomic E-state index is 0.604. The van der Waals surface area contributed by atoms with Crippen LogP contribution in [0.25, 0.3) is 28.2 Å². The Labute approximate surface area is 139 Å². The van der Waals surface area contributed by atoms with Crippen LogP contribution in [0.5, 0.6) is 0 Å². The summed E-state index contributed by atoms with van der Waals surface area (Å²) in [6.45, 7) is 2.17. The molecule has 2 aromatic heterocycles. The molecule has 0 aliphatic rings. The van der Waals surface area contributed by atoms with Crippen molar-refractivity contribution in [2.75, 3.05) is 0 Å². The van der Waals surface area contributed by atoms with Gasteiger partial charge in [-0.2, -0.15) is 5.21 Å². The van der Waals surface area contributed by atoms with E-state index < -0.39 is 0 Å². The molecule has 118 valence electrons. The minimum Gasteiger partial charge on any atom is -0.306 e. The summed E-state index contributed by atoms with van der Waals surface area (Å²) in [4.78, 5) is 4.11. The van der Waals surface area contributed by atoms with Crippen LogP contribution in [-0.4, -0.2) is 30.2 Å². The van der Waals surface area contributed by atoms with Crippen LogP contribution >= 0.6 is 0 Å². The fourth-order valence-electron chi connectivity index (χ4n) is 2.81. The number of nitrogens with one attached hydrogen (secondary N) is 1. The highest BCUT2D eigenvalue weighted by atomic mass is 15.5. The molecule has 2 aromatic carbocycles. The largest absolute Gasteiger partial charge is 0.306 e. The van der Waals surface area contributed by atoms with Gasteiger partial charge in [0.15, 0.2) is 0 Å². The molecule has 0 fully saturated rings. The van der Waals surface area contributed by atoms with Crippen molar-refractivity contribution < 1.29 is 0 Å². The van der Waals surface area contributed by atoms with Crippen LogP contribution in [0.4, 0.5) is 0 Å². The molecule has 0 spiro atoms. The van der Waals surface area contributed by atoms with Crippen molar-refractivity contribution in [3.8, 4) is 28.2 Å². The van der Waals surface area contributed by atoms with Gasteiger partial charge in [-0.3, -0.25) is 0 Å². The molecule has 0 aliphatic carbocycles. The Bertz CT molecular complexity index is 924. The van der Waals surface area contributed by atoms with Crippen molar-refractivity contribution in [3.05, 3.63) is 66.7 Å². The molecule has 1 N–H and O–H groups in total. The summed E-state index contributed by atoms with van der Waals surface area (Å²) < 4.78 is 2.02. The van der Waals surface area contributed by atoms with Gasteiger partial charge < -0.3 is 4.57 Å². The maximum atomic E-state index is 4.11. The van der Waals surface area contributed by atoms with Gasteiger partial charge >= 0.3 is 0 Å². The Kier molecular flexibility index (Phi) is 3.63. The lowest BCUT2D eigenvalue weighted by Gasteiger charge is -2.11. The predicted molar refractivity (Wildman–Crippen MR) is 91.5 cm³/mol. The predicted octanol–water partition coefficient (Wildman–Crippen LogP) is 3.28. The van der Waals surface area contributed by atoms with E-state index in [0.29, 0.717) is 5.82 Å². The first-order valence-corrected chi connectivity index (χ1v) is 7.80. The van der Waals surface area contributed by atoms with E-state index in [4.69, 9.17) is 0 Å². The second-order valence-corrected chi connectivity index (χ2v) is 5.48. The molecule has 0 radical (unpaired) electrons. The number of hydrogen-bond acceptors (Lipinski definition) is 4. The molecule has 6 heteroatoms. The van der Waals surface area contributed by atoms with Gasteiger partial charge in [0.05, 0.1) is 6.33 Å². The highest BCUT2D eigenvalue weighted by molar-refractivity contribution is 5.71. The van der Waals surface area contributed by atoms with Crippen LogP contribution in [0.1, 0.15) is 12.5 Å².